The van der Waals surface area contributed by atoms with E-state index in [1.165, 1.54) is 0 Å². The summed E-state index contributed by atoms with van der Waals surface area (Å²) in [7, 11) is 0. The summed E-state index contributed by atoms with van der Waals surface area (Å²) < 4.78 is 0. The van der Waals surface area contributed by atoms with Gasteiger partial charge in [0.25, 0.3) is 0 Å². The van der Waals surface area contributed by atoms with Gasteiger partial charge in [0.05, 0.1) is 16.7 Å². The van der Waals surface area contributed by atoms with E-state index in [1.807, 2.05) is 24.3 Å². The lowest BCUT2D eigenvalue weighted by Gasteiger charge is -2.08. The van der Waals surface area contributed by atoms with Crippen LogP contribution in [0.3, 0.4) is 0 Å². The molecule has 0 aliphatic heterocycles. The SMILES string of the molecule is [CH2]c1c(C#N)c(C#N)c(C#N)c2ccccc12. The van der Waals surface area contributed by atoms with Crippen molar-refractivity contribution in [3.63, 3.8) is 0 Å². The van der Waals surface area contributed by atoms with Crippen LogP contribution >= 0.6 is 0 Å². The van der Waals surface area contributed by atoms with Gasteiger partial charge < -0.3 is 0 Å². The predicted molar refractivity (Wildman–Crippen MR) is 62.6 cm³/mol. The van der Waals surface area contributed by atoms with Gasteiger partial charge in [-0.05, 0) is 17.9 Å². The molecule has 0 aliphatic carbocycles. The summed E-state index contributed by atoms with van der Waals surface area (Å²) in [6.45, 7) is 3.82. The lowest BCUT2D eigenvalue weighted by atomic mass is 9.91. The van der Waals surface area contributed by atoms with Crippen LogP contribution in [0.25, 0.3) is 10.8 Å². The minimum Gasteiger partial charge on any atom is -0.192 e. The first kappa shape index (κ1) is 10.7. The van der Waals surface area contributed by atoms with E-state index in [2.05, 4.69) is 6.92 Å². The Balaban J connectivity index is 3.14. The monoisotopic (exact) mass is 216 g/mol. The molecular formula is C14H6N3. The first-order chi connectivity index (χ1) is 8.24. The van der Waals surface area contributed by atoms with E-state index >= 15 is 0 Å². The Labute approximate surface area is 98.8 Å². The van der Waals surface area contributed by atoms with E-state index in [0.29, 0.717) is 10.9 Å². The van der Waals surface area contributed by atoms with Crippen LogP contribution in [-0.2, 0) is 0 Å². The number of hydrogen-bond donors (Lipinski definition) is 0. The minimum atomic E-state index is 0.110. The van der Waals surface area contributed by atoms with E-state index < -0.39 is 0 Å². The minimum absolute atomic E-state index is 0.110. The van der Waals surface area contributed by atoms with Crippen molar-refractivity contribution in [2.75, 3.05) is 0 Å². The molecule has 2 aromatic rings. The smallest absolute Gasteiger partial charge is 0.102 e. The number of nitrogens with zero attached hydrogens (tertiary/aromatic N) is 3. The zero-order valence-corrected chi connectivity index (χ0v) is 8.86. The van der Waals surface area contributed by atoms with Crippen molar-refractivity contribution in [1.82, 2.24) is 0 Å². The molecule has 0 amide bonds. The third-order valence-corrected chi connectivity index (χ3v) is 2.66. The third-order valence-electron chi connectivity index (χ3n) is 2.66. The van der Waals surface area contributed by atoms with Gasteiger partial charge in [0.2, 0.25) is 0 Å². The summed E-state index contributed by atoms with van der Waals surface area (Å²) >= 11 is 0. The van der Waals surface area contributed by atoms with Crippen LogP contribution in [0.1, 0.15) is 22.3 Å². The molecule has 0 aliphatic rings. The summed E-state index contributed by atoms with van der Waals surface area (Å²) in [6, 6.07) is 13.0. The lowest BCUT2D eigenvalue weighted by Crippen LogP contribution is -1.96. The van der Waals surface area contributed by atoms with Crippen molar-refractivity contribution < 1.29 is 0 Å². The van der Waals surface area contributed by atoms with Gasteiger partial charge in [-0.2, -0.15) is 15.8 Å². The first-order valence-corrected chi connectivity index (χ1v) is 4.85. The fraction of sp³-hybridized carbons (Fsp3) is 0. The molecule has 0 saturated carbocycles. The van der Waals surface area contributed by atoms with Gasteiger partial charge in [-0.1, -0.05) is 24.3 Å². The summed E-state index contributed by atoms with van der Waals surface area (Å²) in [4.78, 5) is 0. The maximum atomic E-state index is 9.13. The largest absolute Gasteiger partial charge is 0.192 e. The zero-order chi connectivity index (χ0) is 12.4. The molecule has 1 radical (unpaired) electrons. The Kier molecular flexibility index (Phi) is 2.49. The number of nitriles is 3. The molecule has 0 fully saturated rings. The maximum absolute atomic E-state index is 9.13. The average molecular weight is 216 g/mol. The summed E-state index contributed by atoms with van der Waals surface area (Å²) in [5, 5.41) is 28.7. The summed E-state index contributed by atoms with van der Waals surface area (Å²) in [5.41, 5.74) is 1.03. The molecule has 0 aromatic heterocycles. The van der Waals surface area contributed by atoms with Crippen LogP contribution in [0.15, 0.2) is 24.3 Å². The van der Waals surface area contributed by atoms with Gasteiger partial charge in [-0.25, -0.2) is 0 Å². The van der Waals surface area contributed by atoms with E-state index in [-0.39, 0.29) is 16.7 Å². The average Bonchev–Trinajstić information content (AvgIpc) is 2.38. The molecule has 3 heteroatoms. The topological polar surface area (TPSA) is 71.4 Å². The summed E-state index contributed by atoms with van der Waals surface area (Å²) in [5.74, 6) is 0. The Morgan fingerprint density at radius 1 is 0.765 bits per heavy atom. The molecule has 77 valence electrons. The highest BCUT2D eigenvalue weighted by molar-refractivity contribution is 5.95. The number of fused-ring (bicyclic) bond motifs is 1. The van der Waals surface area contributed by atoms with Crippen LogP contribution in [-0.4, -0.2) is 0 Å². The second-order valence-electron chi connectivity index (χ2n) is 3.48. The molecule has 0 spiro atoms. The predicted octanol–water partition coefficient (Wildman–Crippen LogP) is 2.64. The third kappa shape index (κ3) is 1.41. The van der Waals surface area contributed by atoms with Gasteiger partial charge in [0.1, 0.15) is 18.2 Å². The fourth-order valence-corrected chi connectivity index (χ4v) is 1.86. The van der Waals surface area contributed by atoms with Crippen molar-refractivity contribution in [2.45, 2.75) is 0 Å². The molecular weight excluding hydrogens is 210 g/mol. The van der Waals surface area contributed by atoms with Crippen LogP contribution in [0.2, 0.25) is 0 Å². The van der Waals surface area contributed by atoms with Crippen LogP contribution in [0.4, 0.5) is 0 Å². The van der Waals surface area contributed by atoms with Crippen molar-refractivity contribution >= 4 is 10.8 Å². The molecule has 0 saturated heterocycles. The second kappa shape index (κ2) is 3.97. The van der Waals surface area contributed by atoms with Gasteiger partial charge in [-0.3, -0.25) is 0 Å². The van der Waals surface area contributed by atoms with Crippen LogP contribution in [0, 0.1) is 40.9 Å². The molecule has 0 N–H and O–H groups in total. The quantitative estimate of drug-likeness (QED) is 0.679. The number of rotatable bonds is 0. The molecule has 0 unspecified atom stereocenters. The second-order valence-corrected chi connectivity index (χ2v) is 3.48. The zero-order valence-electron chi connectivity index (χ0n) is 8.86. The van der Waals surface area contributed by atoms with E-state index in [0.717, 1.165) is 5.39 Å². The van der Waals surface area contributed by atoms with E-state index in [4.69, 9.17) is 15.8 Å². The normalized spacial score (nSPS) is 9.29. The first-order valence-electron chi connectivity index (χ1n) is 4.85. The Hall–Kier alpha value is -2.83. The van der Waals surface area contributed by atoms with Crippen molar-refractivity contribution in [1.29, 1.82) is 15.8 Å². The molecule has 2 rings (SSSR count). The fourth-order valence-electron chi connectivity index (χ4n) is 1.86. The van der Waals surface area contributed by atoms with Gasteiger partial charge in [-0.15, -0.1) is 0 Å². The Morgan fingerprint density at radius 2 is 1.29 bits per heavy atom. The highest BCUT2D eigenvalue weighted by Gasteiger charge is 2.16. The standard InChI is InChI=1S/C14H6N3/c1-9-10-4-2-3-5-11(10)13(7-16)14(8-17)12(9)6-15/h2-5H,1H2. The van der Waals surface area contributed by atoms with Crippen molar-refractivity contribution in [3.05, 3.63) is 53.4 Å². The van der Waals surface area contributed by atoms with E-state index in [9.17, 15) is 0 Å². The van der Waals surface area contributed by atoms with Crippen molar-refractivity contribution in [3.8, 4) is 18.2 Å². The molecule has 2 aromatic carbocycles. The molecule has 0 bridgehead atoms. The highest BCUT2D eigenvalue weighted by atomic mass is 14.3. The Morgan fingerprint density at radius 3 is 1.82 bits per heavy atom. The molecule has 0 heterocycles. The van der Waals surface area contributed by atoms with Crippen LogP contribution in [0.5, 0.6) is 0 Å². The van der Waals surface area contributed by atoms with E-state index in [1.54, 1.807) is 18.2 Å². The Bertz CT molecular complexity index is 737. The molecule has 17 heavy (non-hydrogen) atoms. The lowest BCUT2D eigenvalue weighted by molar-refractivity contribution is 1.40. The van der Waals surface area contributed by atoms with Gasteiger partial charge in [0.15, 0.2) is 0 Å². The maximum Gasteiger partial charge on any atom is 0.102 e. The van der Waals surface area contributed by atoms with Crippen LogP contribution < -0.4 is 0 Å². The van der Waals surface area contributed by atoms with Crippen molar-refractivity contribution in [2.24, 2.45) is 0 Å². The number of hydrogen-bond acceptors (Lipinski definition) is 3. The number of benzene rings is 2. The summed E-state index contributed by atoms with van der Waals surface area (Å²) in [6.07, 6.45) is 0. The van der Waals surface area contributed by atoms with Gasteiger partial charge in [0, 0.05) is 5.39 Å². The van der Waals surface area contributed by atoms with Gasteiger partial charge >= 0.3 is 0 Å². The highest BCUT2D eigenvalue weighted by Crippen LogP contribution is 2.28. The molecule has 3 nitrogen and oxygen atoms in total. The molecule has 0 atom stereocenters.